The summed E-state index contributed by atoms with van der Waals surface area (Å²) in [4.78, 5) is 30.5. The molecule has 2 heterocycles. The molecule has 4 heteroatoms. The number of hydrogen-bond donors (Lipinski definition) is 0. The topological polar surface area (TPSA) is 50.3 Å². The minimum absolute atomic E-state index is 0.0849. The molecule has 27 heavy (non-hydrogen) atoms. The van der Waals surface area contributed by atoms with Crippen molar-refractivity contribution in [3.63, 3.8) is 0 Å². The lowest BCUT2D eigenvalue weighted by Gasteiger charge is -2.17. The normalized spacial score (nSPS) is 15.4. The summed E-state index contributed by atoms with van der Waals surface area (Å²) in [6, 6.07) is 12.3. The van der Waals surface area contributed by atoms with Gasteiger partial charge < -0.3 is 4.90 Å². The Labute approximate surface area is 161 Å². The van der Waals surface area contributed by atoms with Crippen molar-refractivity contribution in [2.45, 2.75) is 51.9 Å². The van der Waals surface area contributed by atoms with Crippen molar-refractivity contribution >= 4 is 17.3 Å². The Bertz CT molecular complexity index is 794. The molecular weight excluding hydrogens is 336 g/mol. The van der Waals surface area contributed by atoms with Crippen LogP contribution in [-0.4, -0.2) is 29.6 Å². The monoisotopic (exact) mass is 364 g/mol. The third-order valence-corrected chi connectivity index (χ3v) is 5.25. The van der Waals surface area contributed by atoms with Gasteiger partial charge in [0.25, 0.3) is 0 Å². The van der Waals surface area contributed by atoms with E-state index in [1.54, 1.807) is 0 Å². The largest absolute Gasteiger partial charge is 0.363 e. The Kier molecular flexibility index (Phi) is 6.04. The maximum atomic E-state index is 12.5. The fraction of sp³-hybridized carbons (Fsp3) is 0.435. The number of pyridine rings is 1. The Balaban J connectivity index is 1.55. The average molecular weight is 364 g/mol. The highest BCUT2D eigenvalue weighted by Crippen LogP contribution is 2.23. The van der Waals surface area contributed by atoms with Crippen LogP contribution in [0.1, 0.15) is 62.3 Å². The minimum atomic E-state index is 0.0849. The Morgan fingerprint density at radius 3 is 2.41 bits per heavy atom. The fourth-order valence-electron chi connectivity index (χ4n) is 3.49. The molecule has 4 nitrogen and oxygen atoms in total. The molecule has 1 aromatic carbocycles. The summed E-state index contributed by atoms with van der Waals surface area (Å²) in [5.41, 5.74) is 4.27. The molecule has 2 aromatic rings. The summed E-state index contributed by atoms with van der Waals surface area (Å²) >= 11 is 0. The zero-order chi connectivity index (χ0) is 19.4. The molecular formula is C23H28N2O2. The van der Waals surface area contributed by atoms with Crippen LogP contribution in [0.3, 0.4) is 0 Å². The van der Waals surface area contributed by atoms with Gasteiger partial charge in [-0.2, -0.15) is 0 Å². The molecule has 0 bridgehead atoms. The Hall–Kier alpha value is -2.49. The molecule has 1 aromatic heterocycles. The standard InChI is InChI=1S/C23H28N2O2/c1-16(2)19-6-4-18(5-7-19)13-22(27)12-17(3)23-9-8-20(14-24-23)25-11-10-21(26)15-25/h4-9,14,16-17H,10-13,15H2,1-3H3/t17-/m0/s1. The van der Waals surface area contributed by atoms with Gasteiger partial charge in [0.05, 0.1) is 18.4 Å². The number of ketones is 2. The van der Waals surface area contributed by atoms with Crippen LogP contribution in [0.2, 0.25) is 0 Å². The minimum Gasteiger partial charge on any atom is -0.363 e. The summed E-state index contributed by atoms with van der Waals surface area (Å²) in [5, 5.41) is 0. The van der Waals surface area contributed by atoms with E-state index in [-0.39, 0.29) is 17.5 Å². The molecule has 1 aliphatic heterocycles. The average Bonchev–Trinajstić information content (AvgIpc) is 3.08. The van der Waals surface area contributed by atoms with Crippen molar-refractivity contribution in [3.8, 4) is 0 Å². The number of anilines is 1. The summed E-state index contributed by atoms with van der Waals surface area (Å²) in [5.74, 6) is 1.10. The Morgan fingerprint density at radius 2 is 1.85 bits per heavy atom. The summed E-state index contributed by atoms with van der Waals surface area (Å²) in [7, 11) is 0. The first-order valence-corrected chi connectivity index (χ1v) is 9.75. The molecule has 1 saturated heterocycles. The Morgan fingerprint density at radius 1 is 1.11 bits per heavy atom. The molecule has 1 fully saturated rings. The van der Waals surface area contributed by atoms with Gasteiger partial charge in [0.2, 0.25) is 0 Å². The van der Waals surface area contributed by atoms with E-state index < -0.39 is 0 Å². The number of carbonyl (C=O) groups is 2. The van der Waals surface area contributed by atoms with Crippen molar-refractivity contribution < 1.29 is 9.59 Å². The van der Waals surface area contributed by atoms with E-state index in [1.165, 1.54) is 5.56 Å². The molecule has 3 rings (SSSR count). The molecule has 0 N–H and O–H groups in total. The molecule has 0 unspecified atom stereocenters. The lowest BCUT2D eigenvalue weighted by atomic mass is 9.95. The van der Waals surface area contributed by atoms with Crippen LogP contribution in [-0.2, 0) is 16.0 Å². The molecule has 142 valence electrons. The number of carbonyl (C=O) groups excluding carboxylic acids is 2. The van der Waals surface area contributed by atoms with E-state index in [9.17, 15) is 9.59 Å². The number of rotatable bonds is 7. The van der Waals surface area contributed by atoms with Crippen molar-refractivity contribution in [3.05, 3.63) is 59.4 Å². The number of nitrogens with zero attached hydrogens (tertiary/aromatic N) is 2. The van der Waals surface area contributed by atoms with E-state index >= 15 is 0 Å². The fourth-order valence-corrected chi connectivity index (χ4v) is 3.49. The van der Waals surface area contributed by atoms with Gasteiger partial charge in [-0.15, -0.1) is 0 Å². The smallest absolute Gasteiger partial charge is 0.153 e. The van der Waals surface area contributed by atoms with Crippen LogP contribution in [0.4, 0.5) is 5.69 Å². The second-order valence-corrected chi connectivity index (χ2v) is 7.87. The zero-order valence-corrected chi connectivity index (χ0v) is 16.4. The summed E-state index contributed by atoms with van der Waals surface area (Å²) in [6.07, 6.45) is 3.39. The predicted molar refractivity (Wildman–Crippen MR) is 108 cm³/mol. The van der Waals surface area contributed by atoms with Gasteiger partial charge in [0.15, 0.2) is 5.78 Å². The first-order chi connectivity index (χ1) is 12.9. The molecule has 1 atom stereocenters. The number of hydrogen-bond acceptors (Lipinski definition) is 4. The number of aromatic nitrogens is 1. The predicted octanol–water partition coefficient (Wildman–Crippen LogP) is 4.29. The van der Waals surface area contributed by atoms with Crippen LogP contribution in [0.15, 0.2) is 42.6 Å². The van der Waals surface area contributed by atoms with E-state index in [4.69, 9.17) is 0 Å². The number of Topliss-reactive ketones (excluding diaryl/α,β-unsaturated/α-hetero) is 2. The van der Waals surface area contributed by atoms with Gasteiger partial charge in [-0.05, 0) is 29.2 Å². The highest BCUT2D eigenvalue weighted by Gasteiger charge is 2.20. The first-order valence-electron chi connectivity index (χ1n) is 9.75. The molecule has 0 amide bonds. The molecule has 0 aliphatic carbocycles. The highest BCUT2D eigenvalue weighted by molar-refractivity contribution is 5.87. The van der Waals surface area contributed by atoms with Gasteiger partial charge >= 0.3 is 0 Å². The second kappa shape index (κ2) is 8.47. The lowest BCUT2D eigenvalue weighted by Crippen LogP contribution is -2.19. The first kappa shape index (κ1) is 19.3. The van der Waals surface area contributed by atoms with Gasteiger partial charge in [0, 0.05) is 37.4 Å². The zero-order valence-electron chi connectivity index (χ0n) is 16.4. The van der Waals surface area contributed by atoms with Crippen molar-refractivity contribution in [1.82, 2.24) is 4.98 Å². The quantitative estimate of drug-likeness (QED) is 0.735. The van der Waals surface area contributed by atoms with E-state index in [2.05, 4.69) is 48.0 Å². The third-order valence-electron chi connectivity index (χ3n) is 5.25. The van der Waals surface area contributed by atoms with Crippen molar-refractivity contribution in [2.24, 2.45) is 0 Å². The van der Waals surface area contributed by atoms with Crippen molar-refractivity contribution in [1.29, 1.82) is 0 Å². The number of benzene rings is 1. The molecule has 0 spiro atoms. The summed E-state index contributed by atoms with van der Waals surface area (Å²) in [6.45, 7) is 7.62. The summed E-state index contributed by atoms with van der Waals surface area (Å²) < 4.78 is 0. The molecule has 1 aliphatic rings. The van der Waals surface area contributed by atoms with Crippen LogP contribution in [0.5, 0.6) is 0 Å². The van der Waals surface area contributed by atoms with Gasteiger partial charge in [-0.3, -0.25) is 14.6 Å². The van der Waals surface area contributed by atoms with Crippen LogP contribution >= 0.6 is 0 Å². The van der Waals surface area contributed by atoms with Crippen molar-refractivity contribution in [2.75, 3.05) is 18.0 Å². The lowest BCUT2D eigenvalue weighted by molar-refractivity contribution is -0.119. The maximum Gasteiger partial charge on any atom is 0.153 e. The van der Waals surface area contributed by atoms with Gasteiger partial charge in [-0.1, -0.05) is 45.0 Å². The van der Waals surface area contributed by atoms with E-state index in [1.807, 2.05) is 25.3 Å². The highest BCUT2D eigenvalue weighted by atomic mass is 16.1. The van der Waals surface area contributed by atoms with Gasteiger partial charge in [0.1, 0.15) is 5.78 Å². The maximum absolute atomic E-state index is 12.5. The molecule has 0 radical (unpaired) electrons. The van der Waals surface area contributed by atoms with E-state index in [0.29, 0.717) is 31.7 Å². The van der Waals surface area contributed by atoms with Crippen LogP contribution < -0.4 is 4.90 Å². The third kappa shape index (κ3) is 5.03. The second-order valence-electron chi connectivity index (χ2n) is 7.87. The van der Waals surface area contributed by atoms with E-state index in [0.717, 1.165) is 23.5 Å². The van der Waals surface area contributed by atoms with Crippen LogP contribution in [0.25, 0.3) is 0 Å². The molecule has 0 saturated carbocycles. The SMILES string of the molecule is CC(C)c1ccc(CC(=O)C[C@H](C)c2ccc(N3CCC(=O)C3)cn2)cc1. The van der Waals surface area contributed by atoms with Crippen LogP contribution in [0, 0.1) is 0 Å². The van der Waals surface area contributed by atoms with Gasteiger partial charge in [-0.25, -0.2) is 0 Å².